The van der Waals surface area contributed by atoms with E-state index in [0.29, 0.717) is 5.92 Å². The monoisotopic (exact) mass is 289 g/mol. The van der Waals surface area contributed by atoms with Crippen LogP contribution in [-0.2, 0) is 11.8 Å². The van der Waals surface area contributed by atoms with Crippen molar-refractivity contribution in [1.82, 2.24) is 24.5 Å². The molecule has 2 aromatic heterocycles. The maximum absolute atomic E-state index is 12.7. The molecular weight excluding hydrogens is 266 g/mol. The molecule has 0 aromatic carbocycles. The molecule has 0 unspecified atom stereocenters. The number of likely N-dealkylation sites (tertiary alicyclic amines) is 1. The Hall–Kier alpha value is -1.85. The van der Waals surface area contributed by atoms with E-state index in [0.717, 1.165) is 36.2 Å². The van der Waals surface area contributed by atoms with Crippen molar-refractivity contribution in [2.75, 3.05) is 13.1 Å². The van der Waals surface area contributed by atoms with Crippen molar-refractivity contribution in [3.05, 3.63) is 11.9 Å². The van der Waals surface area contributed by atoms with E-state index >= 15 is 0 Å². The summed E-state index contributed by atoms with van der Waals surface area (Å²) < 4.78 is 3.59. The number of hydrogen-bond acceptors (Lipinski definition) is 3. The van der Waals surface area contributed by atoms with Crippen LogP contribution in [0.15, 0.2) is 6.20 Å². The van der Waals surface area contributed by atoms with E-state index in [1.807, 2.05) is 36.7 Å². The number of carbonyl (C=O) groups is 1. The summed E-state index contributed by atoms with van der Waals surface area (Å²) in [7, 11) is 1.90. The van der Waals surface area contributed by atoms with Crippen molar-refractivity contribution < 1.29 is 4.79 Å². The summed E-state index contributed by atoms with van der Waals surface area (Å²) in [5.41, 5.74) is 2.75. The van der Waals surface area contributed by atoms with E-state index in [1.165, 1.54) is 6.42 Å². The molecule has 1 aliphatic rings. The van der Waals surface area contributed by atoms with Crippen LogP contribution in [0.4, 0.5) is 0 Å². The second-order valence-corrected chi connectivity index (χ2v) is 6.26. The lowest BCUT2D eigenvalue weighted by Gasteiger charge is -2.32. The van der Waals surface area contributed by atoms with Crippen molar-refractivity contribution in [1.29, 1.82) is 0 Å². The van der Waals surface area contributed by atoms with Gasteiger partial charge in [0.05, 0.1) is 11.9 Å². The van der Waals surface area contributed by atoms with Gasteiger partial charge in [-0.1, -0.05) is 6.92 Å². The third kappa shape index (κ3) is 2.43. The van der Waals surface area contributed by atoms with Crippen molar-refractivity contribution in [3.63, 3.8) is 0 Å². The fraction of sp³-hybridized carbons (Fsp3) is 0.667. The van der Waals surface area contributed by atoms with Gasteiger partial charge in [0, 0.05) is 20.1 Å². The first-order valence-corrected chi connectivity index (χ1v) is 7.64. The van der Waals surface area contributed by atoms with Gasteiger partial charge in [0.25, 0.3) is 0 Å². The van der Waals surface area contributed by atoms with E-state index < -0.39 is 0 Å². The van der Waals surface area contributed by atoms with Crippen LogP contribution in [0.2, 0.25) is 0 Å². The minimum absolute atomic E-state index is 0.167. The van der Waals surface area contributed by atoms with Gasteiger partial charge in [0.2, 0.25) is 5.91 Å². The zero-order valence-electron chi connectivity index (χ0n) is 13.2. The number of aromatic nitrogens is 4. The Kier molecular flexibility index (Phi) is 3.47. The molecule has 1 amide bonds. The molecule has 0 N–H and O–H groups in total. The van der Waals surface area contributed by atoms with E-state index in [9.17, 15) is 4.79 Å². The number of aryl methyl sites for hydroxylation is 2. The van der Waals surface area contributed by atoms with Gasteiger partial charge in [-0.05, 0) is 32.6 Å². The largest absolute Gasteiger partial charge is 0.341 e. The Labute approximate surface area is 124 Å². The zero-order valence-corrected chi connectivity index (χ0v) is 13.2. The van der Waals surface area contributed by atoms with Gasteiger partial charge in [0.1, 0.15) is 17.1 Å². The van der Waals surface area contributed by atoms with Crippen LogP contribution >= 0.6 is 0 Å². The summed E-state index contributed by atoms with van der Waals surface area (Å²) in [5.74, 6) is 0.762. The van der Waals surface area contributed by atoms with Gasteiger partial charge in [-0.3, -0.25) is 14.2 Å². The molecule has 114 valence electrons. The Balaban J connectivity index is 1.84. The lowest BCUT2D eigenvalue weighted by atomic mass is 10.00. The molecule has 0 bridgehead atoms. The molecule has 1 aliphatic heterocycles. The molecule has 1 fully saturated rings. The second-order valence-electron chi connectivity index (χ2n) is 6.26. The zero-order chi connectivity index (χ0) is 15.1. The molecule has 2 atom stereocenters. The minimum atomic E-state index is -0.262. The van der Waals surface area contributed by atoms with Gasteiger partial charge in [-0.2, -0.15) is 10.2 Å². The van der Waals surface area contributed by atoms with Crippen molar-refractivity contribution in [2.45, 2.75) is 39.7 Å². The van der Waals surface area contributed by atoms with Crippen LogP contribution in [0.1, 0.15) is 38.4 Å². The molecule has 0 aliphatic carbocycles. The van der Waals surface area contributed by atoms with Crippen molar-refractivity contribution in [3.8, 4) is 0 Å². The summed E-state index contributed by atoms with van der Waals surface area (Å²) in [5, 5.41) is 8.89. The van der Waals surface area contributed by atoms with Gasteiger partial charge in [-0.15, -0.1) is 0 Å². The second kappa shape index (κ2) is 5.16. The van der Waals surface area contributed by atoms with Crippen molar-refractivity contribution in [2.24, 2.45) is 13.0 Å². The number of amides is 1. The molecule has 6 nitrogen and oxygen atoms in total. The molecule has 3 heterocycles. The Bertz CT molecular complexity index is 636. The highest BCUT2D eigenvalue weighted by molar-refractivity contribution is 5.82. The van der Waals surface area contributed by atoms with Crippen molar-refractivity contribution >= 4 is 16.9 Å². The van der Waals surface area contributed by atoms with Crippen LogP contribution in [0.25, 0.3) is 11.0 Å². The molecular formula is C15H23N5O. The molecule has 2 aromatic rings. The number of carbonyl (C=O) groups excluding carboxylic acids is 1. The van der Waals surface area contributed by atoms with Gasteiger partial charge in [0.15, 0.2) is 0 Å². The highest BCUT2D eigenvalue weighted by Crippen LogP contribution is 2.21. The summed E-state index contributed by atoms with van der Waals surface area (Å²) in [4.78, 5) is 14.6. The quantitative estimate of drug-likeness (QED) is 0.848. The maximum Gasteiger partial charge on any atom is 0.247 e. The first-order chi connectivity index (χ1) is 9.97. The van der Waals surface area contributed by atoms with Gasteiger partial charge >= 0.3 is 0 Å². The molecule has 6 heteroatoms. The lowest BCUT2D eigenvalue weighted by Crippen LogP contribution is -2.42. The normalized spacial score (nSPS) is 21.0. The first-order valence-electron chi connectivity index (χ1n) is 7.64. The molecule has 3 rings (SSSR count). The number of nitrogens with zero attached hydrogens (tertiary/aromatic N) is 5. The maximum atomic E-state index is 12.7. The number of hydrogen-bond donors (Lipinski definition) is 0. The summed E-state index contributed by atoms with van der Waals surface area (Å²) in [6, 6.07) is -0.262. The SMILES string of the molecule is Cc1nn(C)c2cn([C@H](C)C(=O)N3CCC[C@H](C)C3)nc12. The number of piperidine rings is 1. The predicted molar refractivity (Wildman–Crippen MR) is 80.9 cm³/mol. The molecule has 1 saturated heterocycles. The van der Waals surface area contributed by atoms with Gasteiger partial charge in [-0.25, -0.2) is 0 Å². The smallest absolute Gasteiger partial charge is 0.247 e. The Morgan fingerprint density at radius 1 is 1.43 bits per heavy atom. The fourth-order valence-corrected chi connectivity index (χ4v) is 3.17. The van der Waals surface area contributed by atoms with Crippen LogP contribution in [0.3, 0.4) is 0 Å². The van der Waals surface area contributed by atoms with Crippen LogP contribution in [0, 0.1) is 12.8 Å². The lowest BCUT2D eigenvalue weighted by molar-refractivity contribution is -0.136. The molecule has 0 spiro atoms. The third-order valence-corrected chi connectivity index (χ3v) is 4.43. The summed E-state index contributed by atoms with van der Waals surface area (Å²) in [6.45, 7) is 7.81. The van der Waals surface area contributed by atoms with Crippen LogP contribution in [0.5, 0.6) is 0 Å². The van der Waals surface area contributed by atoms with E-state index in [2.05, 4.69) is 17.1 Å². The summed E-state index contributed by atoms with van der Waals surface area (Å²) in [6.07, 6.45) is 4.24. The highest BCUT2D eigenvalue weighted by Gasteiger charge is 2.27. The minimum Gasteiger partial charge on any atom is -0.341 e. The van der Waals surface area contributed by atoms with E-state index in [1.54, 1.807) is 4.68 Å². The number of fused-ring (bicyclic) bond motifs is 1. The standard InChI is InChI=1S/C15H23N5O/c1-10-6-5-7-19(8-10)15(21)12(3)20-9-13-14(17-20)11(2)16-18(13)4/h9-10,12H,5-8H2,1-4H3/t10-,12+/m0/s1. The Morgan fingerprint density at radius 2 is 2.19 bits per heavy atom. The Morgan fingerprint density at radius 3 is 2.86 bits per heavy atom. The first kappa shape index (κ1) is 14.1. The number of rotatable bonds is 2. The fourth-order valence-electron chi connectivity index (χ4n) is 3.17. The molecule has 21 heavy (non-hydrogen) atoms. The molecule has 0 radical (unpaired) electrons. The average molecular weight is 289 g/mol. The average Bonchev–Trinajstić information content (AvgIpc) is 3.00. The van der Waals surface area contributed by atoms with Gasteiger partial charge < -0.3 is 4.90 Å². The topological polar surface area (TPSA) is 56.0 Å². The predicted octanol–water partition coefficient (Wildman–Crippen LogP) is 1.90. The molecule has 0 saturated carbocycles. The van der Waals surface area contributed by atoms with Crippen LogP contribution < -0.4 is 0 Å². The highest BCUT2D eigenvalue weighted by atomic mass is 16.2. The van der Waals surface area contributed by atoms with E-state index in [-0.39, 0.29) is 11.9 Å². The third-order valence-electron chi connectivity index (χ3n) is 4.43. The van der Waals surface area contributed by atoms with Crippen LogP contribution in [-0.4, -0.2) is 43.5 Å². The summed E-state index contributed by atoms with van der Waals surface area (Å²) >= 11 is 0. The van der Waals surface area contributed by atoms with E-state index in [4.69, 9.17) is 0 Å².